The van der Waals surface area contributed by atoms with Gasteiger partial charge in [-0.1, -0.05) is 34.1 Å². The van der Waals surface area contributed by atoms with Crippen molar-refractivity contribution in [2.75, 3.05) is 21.1 Å². The first kappa shape index (κ1) is 17.9. The normalized spacial score (nSPS) is 10.0. The summed E-state index contributed by atoms with van der Waals surface area (Å²) in [6.45, 7) is 9.05. The second-order valence-corrected chi connectivity index (χ2v) is 4.65. The van der Waals surface area contributed by atoms with Crippen LogP contribution in [-0.4, -0.2) is 26.0 Å². The van der Waals surface area contributed by atoms with Crippen LogP contribution < -0.4 is 6.15 Å². The van der Waals surface area contributed by atoms with Crippen molar-refractivity contribution in [2.45, 2.75) is 40.5 Å². The molecule has 0 bridgehead atoms. The van der Waals surface area contributed by atoms with Gasteiger partial charge in [0.2, 0.25) is 0 Å². The Labute approximate surface area is 78.9 Å². The number of nitrogens with zero attached hydrogens (tertiary/aromatic N) is 1. The molecule has 0 spiro atoms. The van der Waals surface area contributed by atoms with E-state index in [4.69, 9.17) is 0 Å². The third-order valence-electron chi connectivity index (χ3n) is 1.000. The molecule has 0 amide bonds. The predicted molar refractivity (Wildman–Crippen MR) is 59.0 cm³/mol. The summed E-state index contributed by atoms with van der Waals surface area (Å²) in [5.74, 6) is 0. The van der Waals surface area contributed by atoms with Crippen molar-refractivity contribution < 1.29 is 0 Å². The molecule has 0 radical (unpaired) electrons. The Balaban J connectivity index is -0.000000142. The van der Waals surface area contributed by atoms with Crippen LogP contribution in [0.1, 0.15) is 40.5 Å². The first-order chi connectivity index (χ1) is 4.79. The van der Waals surface area contributed by atoms with Gasteiger partial charge in [0.15, 0.2) is 0 Å². The van der Waals surface area contributed by atoms with E-state index in [-0.39, 0.29) is 6.15 Å². The van der Waals surface area contributed by atoms with Crippen LogP contribution in [0.15, 0.2) is 0 Å². The van der Waals surface area contributed by atoms with Crippen molar-refractivity contribution in [3.8, 4) is 0 Å². The summed E-state index contributed by atoms with van der Waals surface area (Å²) < 4.78 is 0. The van der Waals surface area contributed by atoms with Crippen LogP contribution in [0.25, 0.3) is 0 Å². The van der Waals surface area contributed by atoms with E-state index >= 15 is 0 Å². The van der Waals surface area contributed by atoms with Crippen molar-refractivity contribution in [3.05, 3.63) is 0 Å². The Bertz CT molecular complexity index is 69.6. The van der Waals surface area contributed by atoms with Gasteiger partial charge in [-0.2, -0.15) is 0 Å². The van der Waals surface area contributed by atoms with E-state index in [1.54, 1.807) is 0 Å². The van der Waals surface area contributed by atoms with Crippen LogP contribution in [-0.2, 0) is 0 Å². The van der Waals surface area contributed by atoms with Crippen LogP contribution in [0.3, 0.4) is 0 Å². The molecule has 0 saturated heterocycles. The zero-order valence-electron chi connectivity index (χ0n) is 10.1. The molecule has 0 aliphatic rings. The Morgan fingerprint density at radius 2 is 1.25 bits per heavy atom. The molecule has 0 aromatic rings. The third-order valence-corrected chi connectivity index (χ3v) is 1.000. The summed E-state index contributed by atoms with van der Waals surface area (Å²) in [6.07, 6.45) is 2.65. The highest BCUT2D eigenvalue weighted by molar-refractivity contribution is 4.58. The minimum Gasteiger partial charge on any atom is -0.344 e. The minimum atomic E-state index is 0. The molecule has 0 saturated carbocycles. The van der Waals surface area contributed by atoms with E-state index in [1.807, 2.05) is 26.0 Å². The van der Waals surface area contributed by atoms with E-state index < -0.39 is 0 Å². The van der Waals surface area contributed by atoms with Crippen molar-refractivity contribution >= 4 is 0 Å². The molecule has 0 atom stereocenters. The molecule has 0 aliphatic carbocycles. The first-order valence-electron chi connectivity index (χ1n) is 4.40. The monoisotopic (exact) mass is 176 g/mol. The molecule has 0 aromatic carbocycles. The quantitative estimate of drug-likeness (QED) is 0.666. The second-order valence-electron chi connectivity index (χ2n) is 4.65. The van der Waals surface area contributed by atoms with E-state index in [0.29, 0.717) is 5.41 Å². The lowest BCUT2D eigenvalue weighted by atomic mass is 9.91. The van der Waals surface area contributed by atoms with Gasteiger partial charge in [0.05, 0.1) is 0 Å². The molecular formula is C10H28N2. The molecule has 2 nitrogen and oxygen atoms in total. The van der Waals surface area contributed by atoms with Gasteiger partial charge in [-0.05, 0) is 33.0 Å². The Morgan fingerprint density at radius 3 is 1.25 bits per heavy atom. The average molecular weight is 176 g/mol. The van der Waals surface area contributed by atoms with E-state index in [9.17, 15) is 0 Å². The second kappa shape index (κ2) is 9.01. The van der Waals surface area contributed by atoms with Crippen LogP contribution >= 0.6 is 0 Å². The fourth-order valence-corrected chi connectivity index (χ4v) is 0.750. The van der Waals surface area contributed by atoms with Gasteiger partial charge in [0.1, 0.15) is 0 Å². The Hall–Kier alpha value is -0.0800. The van der Waals surface area contributed by atoms with E-state index in [2.05, 4.69) is 27.7 Å². The Kier molecular flexibility index (Phi) is 13.4. The molecule has 0 aromatic heterocycles. The molecule has 0 fully saturated rings. The van der Waals surface area contributed by atoms with Gasteiger partial charge >= 0.3 is 0 Å². The summed E-state index contributed by atoms with van der Waals surface area (Å²) in [5, 5.41) is 0. The van der Waals surface area contributed by atoms with Gasteiger partial charge in [0.25, 0.3) is 0 Å². The summed E-state index contributed by atoms with van der Waals surface area (Å²) >= 11 is 0. The maximum atomic E-state index is 2.27. The lowest BCUT2D eigenvalue weighted by molar-refractivity contribution is 0.373. The van der Waals surface area contributed by atoms with Gasteiger partial charge in [0, 0.05) is 0 Å². The molecular weight excluding hydrogens is 148 g/mol. The predicted octanol–water partition coefficient (Wildman–Crippen LogP) is 3.17. The fraction of sp³-hybridized carbons (Fsp3) is 1.00. The first-order valence-corrected chi connectivity index (χ1v) is 4.40. The highest BCUT2D eigenvalue weighted by Crippen LogP contribution is 2.19. The van der Waals surface area contributed by atoms with Gasteiger partial charge in [-0.3, -0.25) is 0 Å². The smallest absolute Gasteiger partial charge is 0.0140 e. The summed E-state index contributed by atoms with van der Waals surface area (Å²) in [4.78, 5) is 2.00. The Morgan fingerprint density at radius 1 is 1.00 bits per heavy atom. The molecule has 2 heteroatoms. The van der Waals surface area contributed by atoms with Crippen LogP contribution in [0.5, 0.6) is 0 Å². The standard InChI is InChI=1S/C7H16.C3H9N.H3N/c1-5-6-7(2,3)4;1-4(2)3;/h5-6H2,1-4H3;1-3H3;1H3. The van der Waals surface area contributed by atoms with Crippen LogP contribution in [0.2, 0.25) is 0 Å². The van der Waals surface area contributed by atoms with E-state index in [1.165, 1.54) is 12.8 Å². The maximum absolute atomic E-state index is 2.27. The molecule has 3 N–H and O–H groups in total. The number of hydrogen-bond donors (Lipinski definition) is 1. The number of rotatable bonds is 1. The molecule has 12 heavy (non-hydrogen) atoms. The lowest BCUT2D eigenvalue weighted by Gasteiger charge is -2.15. The van der Waals surface area contributed by atoms with Crippen LogP contribution in [0, 0.1) is 5.41 Å². The van der Waals surface area contributed by atoms with Gasteiger partial charge < -0.3 is 11.1 Å². The highest BCUT2D eigenvalue weighted by Gasteiger charge is 2.06. The van der Waals surface area contributed by atoms with Crippen molar-refractivity contribution in [2.24, 2.45) is 5.41 Å². The van der Waals surface area contributed by atoms with Crippen molar-refractivity contribution in [1.29, 1.82) is 0 Å². The highest BCUT2D eigenvalue weighted by atomic mass is 15.0. The van der Waals surface area contributed by atoms with Crippen LogP contribution in [0.4, 0.5) is 0 Å². The SMILES string of the molecule is CCCC(C)(C)C.CN(C)C.N. The van der Waals surface area contributed by atoms with Crippen molar-refractivity contribution in [3.63, 3.8) is 0 Å². The lowest BCUT2D eigenvalue weighted by Crippen LogP contribution is -2.02. The fourth-order valence-electron chi connectivity index (χ4n) is 0.750. The largest absolute Gasteiger partial charge is 0.344 e. The number of hydrogen-bond acceptors (Lipinski definition) is 2. The summed E-state index contributed by atoms with van der Waals surface area (Å²) in [5.41, 5.74) is 0.550. The maximum Gasteiger partial charge on any atom is -0.0140 e. The molecule has 0 aliphatic heterocycles. The zero-order valence-corrected chi connectivity index (χ0v) is 10.1. The zero-order chi connectivity index (χ0) is 9.49. The van der Waals surface area contributed by atoms with Gasteiger partial charge in [-0.15, -0.1) is 0 Å². The molecule has 0 unspecified atom stereocenters. The van der Waals surface area contributed by atoms with E-state index in [0.717, 1.165) is 0 Å². The molecule has 0 heterocycles. The minimum absolute atomic E-state index is 0. The topological polar surface area (TPSA) is 38.2 Å². The van der Waals surface area contributed by atoms with Crippen molar-refractivity contribution in [1.82, 2.24) is 11.1 Å². The third kappa shape index (κ3) is 51.4. The molecule has 78 valence electrons. The summed E-state index contributed by atoms with van der Waals surface area (Å²) in [6, 6.07) is 0. The van der Waals surface area contributed by atoms with Gasteiger partial charge in [-0.25, -0.2) is 0 Å². The molecule has 0 rings (SSSR count). The average Bonchev–Trinajstić information content (AvgIpc) is 1.58. The summed E-state index contributed by atoms with van der Waals surface area (Å²) in [7, 11) is 6.00.